The zero-order valence-electron chi connectivity index (χ0n) is 15.7. The summed E-state index contributed by atoms with van der Waals surface area (Å²) in [7, 11) is 0. The van der Waals surface area contributed by atoms with Gasteiger partial charge in [0.2, 0.25) is 5.91 Å². The number of carboxylic acids is 1. The van der Waals surface area contributed by atoms with Crippen LogP contribution >= 0.6 is 0 Å². The molecule has 2 aromatic rings. The summed E-state index contributed by atoms with van der Waals surface area (Å²) < 4.78 is 0. The molecule has 6 heteroatoms. The molecule has 0 saturated carbocycles. The van der Waals surface area contributed by atoms with Crippen molar-refractivity contribution < 1.29 is 14.7 Å². The number of carbonyl (C=O) groups is 2. The van der Waals surface area contributed by atoms with Gasteiger partial charge in [-0.25, -0.2) is 9.97 Å². The number of benzene rings is 1. The van der Waals surface area contributed by atoms with Gasteiger partial charge in [0.25, 0.3) is 0 Å². The molecule has 1 N–H and O–H groups in total. The summed E-state index contributed by atoms with van der Waals surface area (Å²) in [6, 6.07) is 7.88. The number of carbonyl (C=O) groups excluding carboxylic acids is 1. The number of amides is 1. The molecule has 1 aromatic heterocycles. The number of likely N-dealkylation sites (tertiary alicyclic amines) is 1. The van der Waals surface area contributed by atoms with Crippen LogP contribution < -0.4 is 0 Å². The Kier molecular flexibility index (Phi) is 5.84. The fraction of sp³-hybridized carbons (Fsp3) is 0.429. The van der Waals surface area contributed by atoms with E-state index >= 15 is 0 Å². The summed E-state index contributed by atoms with van der Waals surface area (Å²) in [5, 5.41) is 9.34. The van der Waals surface area contributed by atoms with E-state index in [1.54, 1.807) is 17.3 Å². The molecule has 1 aromatic carbocycles. The van der Waals surface area contributed by atoms with E-state index < -0.39 is 11.9 Å². The highest BCUT2D eigenvalue weighted by atomic mass is 16.4. The average Bonchev–Trinajstić information content (AvgIpc) is 2.68. The predicted octanol–water partition coefficient (Wildman–Crippen LogP) is 3.03. The van der Waals surface area contributed by atoms with Gasteiger partial charge < -0.3 is 10.0 Å². The van der Waals surface area contributed by atoms with Crippen molar-refractivity contribution in [2.24, 2.45) is 11.8 Å². The van der Waals surface area contributed by atoms with E-state index in [9.17, 15) is 14.7 Å². The number of rotatable bonds is 5. The van der Waals surface area contributed by atoms with Gasteiger partial charge in [-0.1, -0.05) is 38.1 Å². The molecule has 0 radical (unpaired) electrons. The van der Waals surface area contributed by atoms with Gasteiger partial charge in [0.15, 0.2) is 0 Å². The zero-order chi connectivity index (χ0) is 19.4. The maximum Gasteiger partial charge on any atom is 0.308 e. The molecular weight excluding hydrogens is 342 g/mol. The van der Waals surface area contributed by atoms with Gasteiger partial charge in [-0.15, -0.1) is 0 Å². The molecule has 0 bridgehead atoms. The molecule has 0 aliphatic carbocycles. The first-order valence-corrected chi connectivity index (χ1v) is 9.32. The van der Waals surface area contributed by atoms with Crippen LogP contribution in [0.2, 0.25) is 0 Å². The SMILES string of the molecule is CC(C)C1CCC(C(=O)O)CN1C(=O)Cc1ccc(-c2cncnc2)cc1. The second-order valence-corrected chi connectivity index (χ2v) is 7.47. The average molecular weight is 367 g/mol. The Morgan fingerprint density at radius 3 is 2.37 bits per heavy atom. The molecule has 2 unspecified atom stereocenters. The van der Waals surface area contributed by atoms with Crippen LogP contribution in [0.4, 0.5) is 0 Å². The number of nitrogens with zero attached hydrogens (tertiary/aromatic N) is 3. The first-order chi connectivity index (χ1) is 13.0. The highest BCUT2D eigenvalue weighted by molar-refractivity contribution is 5.80. The lowest BCUT2D eigenvalue weighted by atomic mass is 9.87. The second-order valence-electron chi connectivity index (χ2n) is 7.47. The number of aromatic nitrogens is 2. The van der Waals surface area contributed by atoms with Crippen LogP contribution in [0.25, 0.3) is 11.1 Å². The minimum absolute atomic E-state index is 0.00422. The maximum atomic E-state index is 12.9. The predicted molar refractivity (Wildman–Crippen MR) is 102 cm³/mol. The Hall–Kier alpha value is -2.76. The van der Waals surface area contributed by atoms with Crippen molar-refractivity contribution >= 4 is 11.9 Å². The van der Waals surface area contributed by atoms with Gasteiger partial charge in [0.1, 0.15) is 6.33 Å². The summed E-state index contributed by atoms with van der Waals surface area (Å²) in [4.78, 5) is 34.1. The van der Waals surface area contributed by atoms with Crippen molar-refractivity contribution in [3.05, 3.63) is 48.5 Å². The third-order valence-electron chi connectivity index (χ3n) is 5.27. The summed E-state index contributed by atoms with van der Waals surface area (Å²) in [6.45, 7) is 4.47. The molecule has 3 rings (SSSR count). The number of hydrogen-bond donors (Lipinski definition) is 1. The van der Waals surface area contributed by atoms with E-state index in [-0.39, 0.29) is 18.4 Å². The molecule has 6 nitrogen and oxygen atoms in total. The molecule has 1 saturated heterocycles. The van der Waals surface area contributed by atoms with Crippen LogP contribution in [0.1, 0.15) is 32.3 Å². The molecule has 142 valence electrons. The molecule has 1 amide bonds. The van der Waals surface area contributed by atoms with Gasteiger partial charge in [-0.2, -0.15) is 0 Å². The first-order valence-electron chi connectivity index (χ1n) is 9.32. The van der Waals surface area contributed by atoms with E-state index in [4.69, 9.17) is 0 Å². The van der Waals surface area contributed by atoms with Crippen molar-refractivity contribution in [2.45, 2.75) is 39.2 Å². The van der Waals surface area contributed by atoms with E-state index in [1.165, 1.54) is 6.33 Å². The van der Waals surface area contributed by atoms with Crippen LogP contribution in [0.3, 0.4) is 0 Å². The van der Waals surface area contributed by atoms with Crippen molar-refractivity contribution in [3.8, 4) is 11.1 Å². The fourth-order valence-electron chi connectivity index (χ4n) is 3.71. The van der Waals surface area contributed by atoms with Crippen LogP contribution in [0.15, 0.2) is 43.0 Å². The Labute approximate surface area is 159 Å². The third-order valence-corrected chi connectivity index (χ3v) is 5.27. The number of hydrogen-bond acceptors (Lipinski definition) is 4. The van der Waals surface area contributed by atoms with Gasteiger partial charge in [0.05, 0.1) is 12.3 Å². The van der Waals surface area contributed by atoms with E-state index in [0.29, 0.717) is 18.9 Å². The largest absolute Gasteiger partial charge is 0.481 e. The normalized spacial score (nSPS) is 19.9. The molecule has 2 atom stereocenters. The number of aliphatic carboxylic acids is 1. The molecule has 1 aliphatic rings. The van der Waals surface area contributed by atoms with Crippen LogP contribution in [0, 0.1) is 11.8 Å². The number of piperidine rings is 1. The van der Waals surface area contributed by atoms with Gasteiger partial charge >= 0.3 is 5.97 Å². The van der Waals surface area contributed by atoms with Crippen molar-refractivity contribution in [2.75, 3.05) is 6.54 Å². The fourth-order valence-corrected chi connectivity index (χ4v) is 3.71. The van der Waals surface area contributed by atoms with Crippen molar-refractivity contribution in [1.82, 2.24) is 14.9 Å². The van der Waals surface area contributed by atoms with Crippen LogP contribution in [0.5, 0.6) is 0 Å². The Balaban J connectivity index is 1.71. The molecular formula is C21H25N3O3. The lowest BCUT2D eigenvalue weighted by molar-refractivity contribution is -0.148. The molecule has 27 heavy (non-hydrogen) atoms. The summed E-state index contributed by atoms with van der Waals surface area (Å²) >= 11 is 0. The van der Waals surface area contributed by atoms with Gasteiger partial charge in [-0.3, -0.25) is 9.59 Å². The standard InChI is InChI=1S/C21H25N3O3/c1-14(2)19-8-7-17(21(26)27)12-24(19)20(25)9-15-3-5-16(6-4-15)18-10-22-13-23-11-18/h3-6,10-11,13-14,17,19H,7-9,12H2,1-2H3,(H,26,27). The third kappa shape index (κ3) is 4.51. The molecule has 1 fully saturated rings. The Bertz CT molecular complexity index is 790. The lowest BCUT2D eigenvalue weighted by Crippen LogP contribution is -2.51. The van der Waals surface area contributed by atoms with Gasteiger partial charge in [0, 0.05) is 30.5 Å². The van der Waals surface area contributed by atoms with Crippen molar-refractivity contribution in [1.29, 1.82) is 0 Å². The molecule has 1 aliphatic heterocycles. The van der Waals surface area contributed by atoms with Crippen LogP contribution in [-0.2, 0) is 16.0 Å². The minimum atomic E-state index is -0.815. The molecule has 0 spiro atoms. The summed E-state index contributed by atoms with van der Waals surface area (Å²) in [5.41, 5.74) is 2.84. The zero-order valence-corrected chi connectivity index (χ0v) is 15.7. The lowest BCUT2D eigenvalue weighted by Gasteiger charge is -2.40. The second kappa shape index (κ2) is 8.29. The first kappa shape index (κ1) is 19.0. The smallest absolute Gasteiger partial charge is 0.308 e. The van der Waals surface area contributed by atoms with Gasteiger partial charge in [-0.05, 0) is 29.9 Å². The quantitative estimate of drug-likeness (QED) is 0.878. The topological polar surface area (TPSA) is 83.4 Å². The monoisotopic (exact) mass is 367 g/mol. The highest BCUT2D eigenvalue weighted by Crippen LogP contribution is 2.28. The number of carboxylic acid groups (broad SMARTS) is 1. The van der Waals surface area contributed by atoms with E-state index in [1.807, 2.05) is 24.3 Å². The van der Waals surface area contributed by atoms with E-state index in [2.05, 4.69) is 23.8 Å². The minimum Gasteiger partial charge on any atom is -0.481 e. The Morgan fingerprint density at radius 1 is 1.11 bits per heavy atom. The summed E-state index contributed by atoms with van der Waals surface area (Å²) in [5.74, 6) is -0.978. The summed E-state index contributed by atoms with van der Waals surface area (Å²) in [6.07, 6.45) is 6.65. The van der Waals surface area contributed by atoms with E-state index in [0.717, 1.165) is 23.1 Å². The van der Waals surface area contributed by atoms with Crippen molar-refractivity contribution in [3.63, 3.8) is 0 Å². The molecule has 2 heterocycles. The maximum absolute atomic E-state index is 12.9. The van der Waals surface area contributed by atoms with Crippen LogP contribution in [-0.4, -0.2) is 44.4 Å². The highest BCUT2D eigenvalue weighted by Gasteiger charge is 2.35. The Morgan fingerprint density at radius 2 is 1.78 bits per heavy atom.